The third kappa shape index (κ3) is 8.58. The van der Waals surface area contributed by atoms with Crippen molar-refractivity contribution in [2.24, 2.45) is 0 Å². The van der Waals surface area contributed by atoms with Crippen molar-refractivity contribution in [3.8, 4) is 17.1 Å². The van der Waals surface area contributed by atoms with E-state index in [1.165, 1.54) is 12.0 Å². The summed E-state index contributed by atoms with van der Waals surface area (Å²) in [6.07, 6.45) is 4.35. The van der Waals surface area contributed by atoms with Crippen molar-refractivity contribution in [2.45, 2.75) is 69.0 Å². The topological polar surface area (TPSA) is 154 Å². The number of alkyl halides is 4. The van der Waals surface area contributed by atoms with Crippen LogP contribution in [0.15, 0.2) is 61.3 Å². The first-order chi connectivity index (χ1) is 24.5. The predicted octanol–water partition coefficient (Wildman–Crippen LogP) is 5.19. The van der Waals surface area contributed by atoms with Crippen molar-refractivity contribution in [1.82, 2.24) is 35.2 Å². The Hall–Kier alpha value is -5.19. The minimum atomic E-state index is -4.71. The molecule has 0 radical (unpaired) electrons. The summed E-state index contributed by atoms with van der Waals surface area (Å²) in [5.41, 5.74) is -0.588. The second-order valence-corrected chi connectivity index (χ2v) is 12.6. The van der Waals surface area contributed by atoms with Crippen molar-refractivity contribution >= 4 is 23.7 Å². The highest BCUT2D eigenvalue weighted by Crippen LogP contribution is 2.38. The maximum atomic E-state index is 14.6. The summed E-state index contributed by atoms with van der Waals surface area (Å²) in [6, 6.07) is 8.88. The second kappa shape index (κ2) is 15.4. The zero-order chi connectivity index (χ0) is 36.0. The van der Waals surface area contributed by atoms with Crippen LogP contribution in [-0.4, -0.2) is 85.6 Å². The van der Waals surface area contributed by atoms with Crippen molar-refractivity contribution in [3.63, 3.8) is 0 Å². The lowest BCUT2D eigenvalue weighted by Crippen LogP contribution is -2.49. The van der Waals surface area contributed by atoms with Crippen molar-refractivity contribution in [1.29, 1.82) is 0 Å². The third-order valence-electron chi connectivity index (χ3n) is 9.21. The summed E-state index contributed by atoms with van der Waals surface area (Å²) in [5, 5.41) is 15.5. The number of carbonyl (C=O) groups excluding carboxylic acids is 1. The number of amides is 2. The summed E-state index contributed by atoms with van der Waals surface area (Å²) in [4.78, 5) is 42.2. The third-order valence-corrected chi connectivity index (χ3v) is 9.21. The van der Waals surface area contributed by atoms with Crippen LogP contribution >= 0.6 is 0 Å². The van der Waals surface area contributed by atoms with E-state index in [9.17, 15) is 27.5 Å². The van der Waals surface area contributed by atoms with E-state index in [1.54, 1.807) is 29.7 Å². The molecule has 2 amide bonds. The molecule has 2 fully saturated rings. The number of carbonyl (C=O) groups is 1. The number of methoxy groups -OCH3 is 1. The molecule has 2 aliphatic rings. The first-order valence-electron chi connectivity index (χ1n) is 16.6. The van der Waals surface area contributed by atoms with Crippen LogP contribution in [0.2, 0.25) is 0 Å². The van der Waals surface area contributed by atoms with Crippen molar-refractivity contribution in [2.75, 3.05) is 41.9 Å². The molecule has 17 heteroatoms. The summed E-state index contributed by atoms with van der Waals surface area (Å²) in [7, 11) is 1.47. The Morgan fingerprint density at radius 3 is 2.18 bits per heavy atom. The highest BCUT2D eigenvalue weighted by molar-refractivity contribution is 5.90. The standard InChI is InChI=1S/C34H38F4N10O3/c1-51-31-42-18-24(19-43-31)23-16-40-30(41-17-23)48(32(50)44-15-22-5-3-2-4-6-22)26-9-7-25(8-10-26)45-29-39-20-27(34(36,37)38)28(46-29)47-13-11-33(35,21-49)12-14-47/h2-6,16-20,25-26,49H,7-15,21H2,1H3,(H,44,50)(H,39,45,46). The number of nitrogens with one attached hydrogen (secondary N) is 2. The first kappa shape index (κ1) is 35.6. The van der Waals surface area contributed by atoms with E-state index < -0.39 is 24.0 Å². The van der Waals surface area contributed by atoms with Crippen molar-refractivity contribution < 1.29 is 32.2 Å². The number of aromatic nitrogens is 6. The van der Waals surface area contributed by atoms with Crippen molar-refractivity contribution in [3.05, 3.63) is 72.4 Å². The van der Waals surface area contributed by atoms with E-state index in [0.717, 1.165) is 11.8 Å². The number of rotatable bonds is 10. The van der Waals surface area contributed by atoms with Gasteiger partial charge >= 0.3 is 18.2 Å². The molecule has 0 spiro atoms. The Morgan fingerprint density at radius 1 is 0.961 bits per heavy atom. The van der Waals surface area contributed by atoms with Crippen LogP contribution in [0.25, 0.3) is 11.1 Å². The normalized spacial score (nSPS) is 18.9. The zero-order valence-electron chi connectivity index (χ0n) is 27.9. The Bertz CT molecular complexity index is 1750. The fourth-order valence-corrected chi connectivity index (χ4v) is 6.27. The molecule has 51 heavy (non-hydrogen) atoms. The lowest BCUT2D eigenvalue weighted by atomic mass is 9.90. The molecule has 1 aromatic carbocycles. The largest absolute Gasteiger partial charge is 0.467 e. The summed E-state index contributed by atoms with van der Waals surface area (Å²) in [5.74, 6) is -0.0813. The van der Waals surface area contributed by atoms with Gasteiger partial charge < -0.3 is 25.4 Å². The number of ether oxygens (including phenoxy) is 1. The van der Waals surface area contributed by atoms with Gasteiger partial charge in [-0.2, -0.15) is 18.2 Å². The Labute approximate surface area is 291 Å². The second-order valence-electron chi connectivity index (χ2n) is 12.6. The highest BCUT2D eigenvalue weighted by Gasteiger charge is 2.40. The number of benzene rings is 1. The highest BCUT2D eigenvalue weighted by atomic mass is 19.4. The Morgan fingerprint density at radius 2 is 1.59 bits per heavy atom. The van der Waals surface area contributed by atoms with Gasteiger partial charge in [-0.3, -0.25) is 4.90 Å². The number of piperidine rings is 1. The van der Waals surface area contributed by atoms with Gasteiger partial charge in [-0.1, -0.05) is 30.3 Å². The minimum absolute atomic E-state index is 0.0270. The van der Waals surface area contributed by atoms with Gasteiger partial charge in [0.15, 0.2) is 0 Å². The molecule has 1 aliphatic heterocycles. The van der Waals surface area contributed by atoms with E-state index in [1.807, 2.05) is 30.3 Å². The van der Waals surface area contributed by atoms with Crippen LogP contribution < -0.4 is 25.2 Å². The van der Waals surface area contributed by atoms with Gasteiger partial charge in [0.2, 0.25) is 11.9 Å². The molecular formula is C34H38F4N10O3. The maximum Gasteiger partial charge on any atom is 0.421 e. The molecule has 1 saturated carbocycles. The van der Waals surface area contributed by atoms with E-state index in [0.29, 0.717) is 43.4 Å². The average molecular weight is 711 g/mol. The summed E-state index contributed by atoms with van der Waals surface area (Å²) >= 11 is 0. The molecule has 270 valence electrons. The number of hydrogen-bond donors (Lipinski definition) is 3. The molecule has 1 aliphatic carbocycles. The number of nitrogens with zero attached hydrogens (tertiary/aromatic N) is 8. The zero-order valence-corrected chi connectivity index (χ0v) is 27.9. The Kier molecular flexibility index (Phi) is 10.7. The molecule has 4 heterocycles. The van der Waals surface area contributed by atoms with Gasteiger partial charge in [0.1, 0.15) is 17.1 Å². The van der Waals surface area contributed by atoms with E-state index >= 15 is 0 Å². The molecule has 0 unspecified atom stereocenters. The SMILES string of the molecule is COc1ncc(-c2cnc(N(C(=O)NCc3ccccc3)C3CCC(Nc4ncc(C(F)(F)F)c(N5CCC(F)(CO)CC5)n4)CC3)nc2)cn1. The molecule has 3 aromatic heterocycles. The molecule has 1 saturated heterocycles. The smallest absolute Gasteiger partial charge is 0.421 e. The first-order valence-corrected chi connectivity index (χ1v) is 16.6. The molecule has 6 rings (SSSR count). The van der Waals surface area contributed by atoms with Crippen LogP contribution in [0.3, 0.4) is 0 Å². The maximum absolute atomic E-state index is 14.6. The number of hydrogen-bond acceptors (Lipinski definition) is 11. The average Bonchev–Trinajstić information content (AvgIpc) is 3.15. The fourth-order valence-electron chi connectivity index (χ4n) is 6.27. The monoisotopic (exact) mass is 710 g/mol. The van der Waals surface area contributed by atoms with Crippen LogP contribution in [0.1, 0.15) is 49.7 Å². The van der Waals surface area contributed by atoms with E-state index in [4.69, 9.17) is 4.74 Å². The molecule has 0 atom stereocenters. The quantitative estimate of drug-likeness (QED) is 0.186. The van der Waals surface area contributed by atoms with Gasteiger partial charge in [-0.05, 0) is 31.2 Å². The number of aliphatic hydroxyl groups excluding tert-OH is 1. The van der Waals surface area contributed by atoms with Crippen LogP contribution in [0, 0.1) is 0 Å². The molecule has 13 nitrogen and oxygen atoms in total. The predicted molar refractivity (Wildman–Crippen MR) is 180 cm³/mol. The molecule has 3 N–H and O–H groups in total. The summed E-state index contributed by atoms with van der Waals surface area (Å²) in [6.45, 7) is -0.443. The van der Waals surface area contributed by atoms with E-state index in [-0.39, 0.29) is 67.8 Å². The lowest BCUT2D eigenvalue weighted by Gasteiger charge is -2.37. The summed E-state index contributed by atoms with van der Waals surface area (Å²) < 4.78 is 61.4. The van der Waals surface area contributed by atoms with Crippen LogP contribution in [-0.2, 0) is 12.7 Å². The van der Waals surface area contributed by atoms with E-state index in [2.05, 4.69) is 40.5 Å². The Balaban J connectivity index is 1.16. The van der Waals surface area contributed by atoms with Gasteiger partial charge in [0.25, 0.3) is 0 Å². The number of aliphatic hydroxyl groups is 1. The molecular weight excluding hydrogens is 672 g/mol. The van der Waals surface area contributed by atoms with Crippen LogP contribution in [0.5, 0.6) is 6.01 Å². The number of halogens is 4. The van der Waals surface area contributed by atoms with Gasteiger partial charge in [-0.25, -0.2) is 34.1 Å². The molecule has 4 aromatic rings. The minimum Gasteiger partial charge on any atom is -0.467 e. The van der Waals surface area contributed by atoms with Crippen LogP contribution in [0.4, 0.5) is 40.1 Å². The van der Waals surface area contributed by atoms with Gasteiger partial charge in [0.05, 0.1) is 13.7 Å². The number of urea groups is 1. The van der Waals surface area contributed by atoms with Gasteiger partial charge in [0, 0.05) is 86.7 Å². The fraction of sp³-hybridized carbons (Fsp3) is 0.441. The molecule has 0 bridgehead atoms. The van der Waals surface area contributed by atoms with Gasteiger partial charge in [-0.15, -0.1) is 0 Å². The number of anilines is 3. The lowest BCUT2D eigenvalue weighted by molar-refractivity contribution is -0.137.